The lowest BCUT2D eigenvalue weighted by Crippen LogP contribution is -2.26. The van der Waals surface area contributed by atoms with Crippen LogP contribution in [-0.2, 0) is 6.42 Å². The lowest BCUT2D eigenvalue weighted by Gasteiger charge is -2.13. The highest BCUT2D eigenvalue weighted by molar-refractivity contribution is 6.07. The number of hydrogen-bond acceptors (Lipinski definition) is 4. The lowest BCUT2D eigenvalue weighted by atomic mass is 10.1. The van der Waals surface area contributed by atoms with Gasteiger partial charge in [-0.15, -0.1) is 0 Å². The van der Waals surface area contributed by atoms with Crippen molar-refractivity contribution in [3.63, 3.8) is 0 Å². The Hall–Kier alpha value is -3.60. The summed E-state index contributed by atoms with van der Waals surface area (Å²) in [5, 5.41) is 3.87. The molecule has 0 atom stereocenters. The van der Waals surface area contributed by atoms with E-state index < -0.39 is 0 Å². The average Bonchev–Trinajstić information content (AvgIpc) is 3.28. The van der Waals surface area contributed by atoms with Crippen LogP contribution in [0.2, 0.25) is 0 Å². The van der Waals surface area contributed by atoms with Gasteiger partial charge >= 0.3 is 0 Å². The Morgan fingerprint density at radius 3 is 2.55 bits per heavy atom. The summed E-state index contributed by atoms with van der Waals surface area (Å²) in [7, 11) is 4.04. The molecule has 0 unspecified atom stereocenters. The SMILES string of the molecule is CN(C)c1ccc(CCNC(=O)c2cc(-c3ccco3)nc3ccccc23)cc1. The van der Waals surface area contributed by atoms with Gasteiger partial charge in [-0.05, 0) is 48.4 Å². The van der Waals surface area contributed by atoms with Gasteiger partial charge in [0.25, 0.3) is 5.91 Å². The number of nitrogens with zero attached hydrogens (tertiary/aromatic N) is 2. The minimum atomic E-state index is -0.110. The largest absolute Gasteiger partial charge is 0.463 e. The molecule has 4 rings (SSSR count). The topological polar surface area (TPSA) is 58.4 Å². The molecular formula is C24H23N3O2. The second-order valence-corrected chi connectivity index (χ2v) is 7.12. The third-order valence-corrected chi connectivity index (χ3v) is 4.89. The zero-order chi connectivity index (χ0) is 20.2. The van der Waals surface area contributed by atoms with E-state index in [1.54, 1.807) is 12.3 Å². The number of amides is 1. The third kappa shape index (κ3) is 4.14. The van der Waals surface area contributed by atoms with Crippen molar-refractivity contribution >= 4 is 22.5 Å². The molecule has 2 aromatic carbocycles. The van der Waals surface area contributed by atoms with Gasteiger partial charge in [0.2, 0.25) is 0 Å². The van der Waals surface area contributed by atoms with Crippen molar-refractivity contribution in [3.05, 3.63) is 84.1 Å². The second kappa shape index (κ2) is 8.19. The van der Waals surface area contributed by atoms with E-state index in [0.717, 1.165) is 23.0 Å². The first-order valence-corrected chi connectivity index (χ1v) is 9.60. The van der Waals surface area contributed by atoms with Crippen LogP contribution in [0.5, 0.6) is 0 Å². The molecule has 5 nitrogen and oxygen atoms in total. The van der Waals surface area contributed by atoms with Gasteiger partial charge in [0, 0.05) is 31.7 Å². The summed E-state index contributed by atoms with van der Waals surface area (Å²) in [5.74, 6) is 0.534. The van der Waals surface area contributed by atoms with Gasteiger partial charge in [-0.1, -0.05) is 30.3 Å². The number of hydrogen-bond donors (Lipinski definition) is 1. The quantitative estimate of drug-likeness (QED) is 0.530. The van der Waals surface area contributed by atoms with Crippen molar-refractivity contribution in [1.82, 2.24) is 10.3 Å². The average molecular weight is 385 g/mol. The first kappa shape index (κ1) is 18.7. The first-order chi connectivity index (χ1) is 14.1. The van der Waals surface area contributed by atoms with Gasteiger partial charge in [0.05, 0.1) is 17.3 Å². The molecule has 0 aliphatic carbocycles. The fourth-order valence-corrected chi connectivity index (χ4v) is 3.29. The summed E-state index contributed by atoms with van der Waals surface area (Å²) < 4.78 is 5.47. The number of furan rings is 1. The molecule has 29 heavy (non-hydrogen) atoms. The number of nitrogens with one attached hydrogen (secondary N) is 1. The smallest absolute Gasteiger partial charge is 0.252 e. The number of benzene rings is 2. The zero-order valence-electron chi connectivity index (χ0n) is 16.6. The van der Waals surface area contributed by atoms with Crippen LogP contribution in [0, 0.1) is 0 Å². The van der Waals surface area contributed by atoms with Crippen LogP contribution in [-0.4, -0.2) is 31.5 Å². The van der Waals surface area contributed by atoms with Crippen molar-refractivity contribution in [2.45, 2.75) is 6.42 Å². The predicted molar refractivity (Wildman–Crippen MR) is 116 cm³/mol. The molecular weight excluding hydrogens is 362 g/mol. The maximum Gasteiger partial charge on any atom is 0.252 e. The minimum absolute atomic E-state index is 0.110. The number of carbonyl (C=O) groups is 1. The van der Waals surface area contributed by atoms with Gasteiger partial charge in [-0.2, -0.15) is 0 Å². The van der Waals surface area contributed by atoms with E-state index in [9.17, 15) is 4.79 Å². The molecule has 1 N–H and O–H groups in total. The number of fused-ring (bicyclic) bond motifs is 1. The highest BCUT2D eigenvalue weighted by Crippen LogP contribution is 2.25. The Bertz CT molecular complexity index is 1120. The molecule has 0 aliphatic heterocycles. The highest BCUT2D eigenvalue weighted by atomic mass is 16.3. The lowest BCUT2D eigenvalue weighted by molar-refractivity contribution is 0.0956. The minimum Gasteiger partial charge on any atom is -0.463 e. The maximum atomic E-state index is 12.9. The van der Waals surface area contributed by atoms with Crippen molar-refractivity contribution in [3.8, 4) is 11.5 Å². The number of rotatable bonds is 6. The Morgan fingerprint density at radius 1 is 1.03 bits per heavy atom. The Balaban J connectivity index is 1.52. The molecule has 0 fully saturated rings. The van der Waals surface area contributed by atoms with Crippen LogP contribution in [0.25, 0.3) is 22.4 Å². The molecule has 0 aliphatic rings. The van der Waals surface area contributed by atoms with Gasteiger partial charge in [-0.25, -0.2) is 4.98 Å². The van der Waals surface area contributed by atoms with E-state index in [0.29, 0.717) is 23.6 Å². The monoisotopic (exact) mass is 385 g/mol. The Labute approximate surface area is 170 Å². The van der Waals surface area contributed by atoms with Crippen molar-refractivity contribution in [2.75, 3.05) is 25.5 Å². The molecule has 0 radical (unpaired) electrons. The molecule has 4 aromatic rings. The van der Waals surface area contributed by atoms with Gasteiger partial charge in [0.15, 0.2) is 5.76 Å². The van der Waals surface area contributed by atoms with E-state index in [2.05, 4.69) is 39.5 Å². The van der Waals surface area contributed by atoms with Crippen LogP contribution < -0.4 is 10.2 Å². The number of pyridine rings is 1. The normalized spacial score (nSPS) is 10.8. The van der Waals surface area contributed by atoms with Gasteiger partial charge in [-0.3, -0.25) is 4.79 Å². The Morgan fingerprint density at radius 2 is 1.83 bits per heavy atom. The molecule has 0 saturated carbocycles. The number of para-hydroxylation sites is 1. The summed E-state index contributed by atoms with van der Waals surface area (Å²) in [6.45, 7) is 0.562. The summed E-state index contributed by atoms with van der Waals surface area (Å²) in [4.78, 5) is 19.6. The van der Waals surface area contributed by atoms with Crippen LogP contribution in [0.15, 0.2) is 77.4 Å². The van der Waals surface area contributed by atoms with Gasteiger partial charge < -0.3 is 14.6 Å². The summed E-state index contributed by atoms with van der Waals surface area (Å²) in [6, 6.07) is 21.5. The maximum absolute atomic E-state index is 12.9. The van der Waals surface area contributed by atoms with E-state index in [1.807, 2.05) is 50.5 Å². The van der Waals surface area contributed by atoms with Crippen LogP contribution in [0.4, 0.5) is 5.69 Å². The molecule has 146 valence electrons. The molecule has 1 amide bonds. The first-order valence-electron chi connectivity index (χ1n) is 9.60. The van der Waals surface area contributed by atoms with E-state index in [4.69, 9.17) is 4.42 Å². The fraction of sp³-hybridized carbons (Fsp3) is 0.167. The molecule has 0 bridgehead atoms. The number of carbonyl (C=O) groups excluding carboxylic acids is 1. The van der Waals surface area contributed by atoms with Crippen LogP contribution in [0.3, 0.4) is 0 Å². The van der Waals surface area contributed by atoms with Gasteiger partial charge in [0.1, 0.15) is 5.69 Å². The highest BCUT2D eigenvalue weighted by Gasteiger charge is 2.14. The van der Waals surface area contributed by atoms with Crippen molar-refractivity contribution in [2.24, 2.45) is 0 Å². The Kier molecular flexibility index (Phi) is 5.29. The zero-order valence-corrected chi connectivity index (χ0v) is 16.6. The molecule has 5 heteroatoms. The molecule has 2 heterocycles. The van der Waals surface area contributed by atoms with E-state index in [1.165, 1.54) is 5.56 Å². The summed E-state index contributed by atoms with van der Waals surface area (Å²) in [5.41, 5.74) is 4.37. The number of anilines is 1. The van der Waals surface area contributed by atoms with Crippen LogP contribution in [0.1, 0.15) is 15.9 Å². The number of aromatic nitrogens is 1. The molecule has 0 saturated heterocycles. The standard InChI is InChI=1S/C24H23N3O2/c1-27(2)18-11-9-17(10-12-18)13-14-25-24(28)20-16-22(23-8-5-15-29-23)26-21-7-4-3-6-19(20)21/h3-12,15-16H,13-14H2,1-2H3,(H,25,28). The molecule has 2 aromatic heterocycles. The summed E-state index contributed by atoms with van der Waals surface area (Å²) >= 11 is 0. The van der Waals surface area contributed by atoms with E-state index in [-0.39, 0.29) is 5.91 Å². The molecule has 0 spiro atoms. The van der Waals surface area contributed by atoms with E-state index >= 15 is 0 Å². The fourth-order valence-electron chi connectivity index (χ4n) is 3.29. The predicted octanol–water partition coefficient (Wildman–Crippen LogP) is 4.53. The summed E-state index contributed by atoms with van der Waals surface area (Å²) in [6.07, 6.45) is 2.38. The third-order valence-electron chi connectivity index (χ3n) is 4.89. The van der Waals surface area contributed by atoms with Crippen LogP contribution >= 0.6 is 0 Å². The van der Waals surface area contributed by atoms with Crippen molar-refractivity contribution < 1.29 is 9.21 Å². The second-order valence-electron chi connectivity index (χ2n) is 7.12. The van der Waals surface area contributed by atoms with Crippen molar-refractivity contribution in [1.29, 1.82) is 0 Å².